The van der Waals surface area contributed by atoms with Crippen molar-refractivity contribution in [1.29, 1.82) is 0 Å². The first-order valence-corrected chi connectivity index (χ1v) is 8.49. The van der Waals surface area contributed by atoms with E-state index in [1.165, 1.54) is 12.8 Å². The van der Waals surface area contributed by atoms with E-state index in [4.69, 9.17) is 4.43 Å². The van der Waals surface area contributed by atoms with E-state index in [1.807, 2.05) is 6.08 Å². The van der Waals surface area contributed by atoms with Gasteiger partial charge in [-0.25, -0.2) is 0 Å². The number of rotatable bonds is 4. The normalized spacial score (nSPS) is 20.6. The summed E-state index contributed by atoms with van der Waals surface area (Å²) in [6.45, 7) is 15.4. The molecular formula is C12H24OSi. The molecule has 0 saturated heterocycles. The van der Waals surface area contributed by atoms with E-state index in [1.54, 1.807) is 0 Å². The van der Waals surface area contributed by atoms with Gasteiger partial charge in [-0.05, 0) is 36.9 Å². The van der Waals surface area contributed by atoms with E-state index in [-0.39, 0.29) is 0 Å². The summed E-state index contributed by atoms with van der Waals surface area (Å²) < 4.78 is 6.30. The van der Waals surface area contributed by atoms with Gasteiger partial charge in [0.2, 0.25) is 0 Å². The third-order valence-electron chi connectivity index (χ3n) is 3.56. The second-order valence-corrected chi connectivity index (χ2v) is 10.7. The minimum atomic E-state index is -1.58. The van der Waals surface area contributed by atoms with Crippen LogP contribution < -0.4 is 0 Å². The Hall–Kier alpha value is -0.0831. The zero-order valence-corrected chi connectivity index (χ0v) is 11.3. The molecule has 1 aliphatic carbocycles. The topological polar surface area (TPSA) is 9.23 Å². The fourth-order valence-electron chi connectivity index (χ4n) is 1.28. The molecule has 0 unspecified atom stereocenters. The molecule has 82 valence electrons. The van der Waals surface area contributed by atoms with E-state index in [9.17, 15) is 0 Å². The van der Waals surface area contributed by atoms with Crippen LogP contribution in [0.1, 0.15) is 33.6 Å². The Bertz CT molecular complexity index is 211. The summed E-state index contributed by atoms with van der Waals surface area (Å²) in [5, 5.41) is 0.309. The highest BCUT2D eigenvalue weighted by atomic mass is 28.4. The lowest BCUT2D eigenvalue weighted by molar-refractivity contribution is 0.203. The van der Waals surface area contributed by atoms with Gasteiger partial charge < -0.3 is 4.43 Å². The maximum absolute atomic E-state index is 6.30. The van der Waals surface area contributed by atoms with Crippen molar-refractivity contribution in [2.45, 2.75) is 57.8 Å². The van der Waals surface area contributed by atoms with Crippen molar-refractivity contribution < 1.29 is 4.43 Å². The molecule has 1 rings (SSSR count). The lowest BCUT2D eigenvalue weighted by atomic mass is 10.2. The zero-order valence-electron chi connectivity index (χ0n) is 10.3. The average Bonchev–Trinajstić information content (AvgIpc) is 2.80. The van der Waals surface area contributed by atoms with Crippen molar-refractivity contribution in [3.8, 4) is 0 Å². The monoisotopic (exact) mass is 212 g/mol. The van der Waals surface area contributed by atoms with E-state index >= 15 is 0 Å². The second-order valence-electron chi connectivity index (χ2n) is 5.92. The van der Waals surface area contributed by atoms with E-state index in [0.717, 1.165) is 5.92 Å². The first-order chi connectivity index (χ1) is 6.28. The van der Waals surface area contributed by atoms with Gasteiger partial charge in [0, 0.05) is 0 Å². The van der Waals surface area contributed by atoms with Gasteiger partial charge in [-0.2, -0.15) is 0 Å². The van der Waals surface area contributed by atoms with Crippen LogP contribution in [0, 0.1) is 5.92 Å². The molecule has 1 nitrogen and oxygen atoms in total. The molecule has 0 amide bonds. The van der Waals surface area contributed by atoms with Gasteiger partial charge in [0.15, 0.2) is 8.32 Å². The van der Waals surface area contributed by atoms with Gasteiger partial charge in [-0.1, -0.05) is 26.8 Å². The van der Waals surface area contributed by atoms with Crippen LogP contribution in [0.25, 0.3) is 0 Å². The molecule has 2 heteroatoms. The molecule has 14 heavy (non-hydrogen) atoms. The number of hydrogen-bond donors (Lipinski definition) is 0. The maximum atomic E-state index is 6.30. The Kier molecular flexibility index (Phi) is 3.27. The third kappa shape index (κ3) is 2.70. The first-order valence-electron chi connectivity index (χ1n) is 5.58. The van der Waals surface area contributed by atoms with Crippen LogP contribution in [-0.4, -0.2) is 14.4 Å². The molecule has 1 atom stereocenters. The van der Waals surface area contributed by atoms with Crippen LogP contribution >= 0.6 is 0 Å². The Labute approximate surface area is 89.7 Å². The minimum Gasteiger partial charge on any atom is -0.410 e. The highest BCUT2D eigenvalue weighted by molar-refractivity contribution is 6.74. The van der Waals surface area contributed by atoms with Gasteiger partial charge >= 0.3 is 0 Å². The third-order valence-corrected chi connectivity index (χ3v) is 8.03. The molecule has 1 fully saturated rings. The van der Waals surface area contributed by atoms with Gasteiger partial charge in [-0.15, -0.1) is 6.58 Å². The predicted molar refractivity (Wildman–Crippen MR) is 65.0 cm³/mol. The summed E-state index contributed by atoms with van der Waals surface area (Å²) in [6.07, 6.45) is 4.96. The smallest absolute Gasteiger partial charge is 0.192 e. The molecule has 0 spiro atoms. The molecule has 0 aromatic carbocycles. The fourth-order valence-corrected chi connectivity index (χ4v) is 2.60. The lowest BCUT2D eigenvalue weighted by Gasteiger charge is -2.38. The Balaban J connectivity index is 2.60. The molecule has 1 saturated carbocycles. The SMILES string of the molecule is C=C[C@@H](O[Si](C)(C)C(C)(C)C)C1CC1. The zero-order chi connectivity index (χ0) is 11.0. The number of hydrogen-bond acceptors (Lipinski definition) is 1. The van der Waals surface area contributed by atoms with Crippen LogP contribution in [0.2, 0.25) is 18.1 Å². The molecule has 0 radical (unpaired) electrons. The molecule has 0 aromatic heterocycles. The highest BCUT2D eigenvalue weighted by Crippen LogP contribution is 2.42. The summed E-state index contributed by atoms with van der Waals surface area (Å²) in [5.41, 5.74) is 0. The summed E-state index contributed by atoms with van der Waals surface area (Å²) in [4.78, 5) is 0. The van der Waals surface area contributed by atoms with E-state index < -0.39 is 8.32 Å². The molecule has 0 aliphatic heterocycles. The summed E-state index contributed by atoms with van der Waals surface area (Å²) in [7, 11) is -1.58. The largest absolute Gasteiger partial charge is 0.410 e. The molecule has 0 heterocycles. The Morgan fingerprint density at radius 1 is 1.36 bits per heavy atom. The van der Waals surface area contributed by atoms with Gasteiger partial charge in [0.1, 0.15) is 0 Å². The fraction of sp³-hybridized carbons (Fsp3) is 0.833. The lowest BCUT2D eigenvalue weighted by Crippen LogP contribution is -2.44. The Morgan fingerprint density at radius 2 is 1.86 bits per heavy atom. The van der Waals surface area contributed by atoms with Gasteiger partial charge in [0.05, 0.1) is 6.10 Å². The van der Waals surface area contributed by atoms with Gasteiger partial charge in [0.25, 0.3) is 0 Å². The maximum Gasteiger partial charge on any atom is 0.192 e. The molecule has 0 bridgehead atoms. The van der Waals surface area contributed by atoms with Crippen LogP contribution in [-0.2, 0) is 4.43 Å². The van der Waals surface area contributed by atoms with Crippen LogP contribution in [0.3, 0.4) is 0 Å². The average molecular weight is 212 g/mol. The van der Waals surface area contributed by atoms with Crippen molar-refractivity contribution >= 4 is 8.32 Å². The Morgan fingerprint density at radius 3 is 2.14 bits per heavy atom. The molecule has 0 N–H and O–H groups in total. The van der Waals surface area contributed by atoms with Crippen molar-refractivity contribution in [3.05, 3.63) is 12.7 Å². The van der Waals surface area contributed by atoms with Crippen molar-refractivity contribution in [2.24, 2.45) is 5.92 Å². The van der Waals surface area contributed by atoms with Crippen LogP contribution in [0.4, 0.5) is 0 Å². The van der Waals surface area contributed by atoms with Crippen LogP contribution in [0.15, 0.2) is 12.7 Å². The van der Waals surface area contributed by atoms with E-state index in [2.05, 4.69) is 40.4 Å². The summed E-state index contributed by atoms with van der Waals surface area (Å²) in [6, 6.07) is 0. The molecule has 0 aromatic rings. The minimum absolute atomic E-state index is 0.309. The van der Waals surface area contributed by atoms with Crippen molar-refractivity contribution in [1.82, 2.24) is 0 Å². The highest BCUT2D eigenvalue weighted by Gasteiger charge is 2.41. The van der Waals surface area contributed by atoms with E-state index in [0.29, 0.717) is 11.1 Å². The summed E-state index contributed by atoms with van der Waals surface area (Å²) >= 11 is 0. The standard InChI is InChI=1S/C12H24OSi/c1-7-11(10-8-9-10)13-14(5,6)12(2,3)4/h7,10-11H,1,8-9H2,2-6H3/t11-/m1/s1. The van der Waals surface area contributed by atoms with Crippen molar-refractivity contribution in [2.75, 3.05) is 0 Å². The quantitative estimate of drug-likeness (QED) is 0.506. The second kappa shape index (κ2) is 3.82. The van der Waals surface area contributed by atoms with Gasteiger partial charge in [-0.3, -0.25) is 0 Å². The predicted octanol–water partition coefficient (Wildman–Crippen LogP) is 3.97. The molecule has 1 aliphatic rings. The summed E-state index contributed by atoms with van der Waals surface area (Å²) in [5.74, 6) is 0.765. The van der Waals surface area contributed by atoms with Crippen LogP contribution in [0.5, 0.6) is 0 Å². The van der Waals surface area contributed by atoms with Crippen molar-refractivity contribution in [3.63, 3.8) is 0 Å². The molecular weight excluding hydrogens is 188 g/mol. The first kappa shape index (κ1) is 12.0.